The molecule has 1 unspecified atom stereocenters. The highest BCUT2D eigenvalue weighted by atomic mass is 35.5. The lowest BCUT2D eigenvalue weighted by atomic mass is 9.88. The van der Waals surface area contributed by atoms with Crippen molar-refractivity contribution >= 4 is 29.0 Å². The first-order chi connectivity index (χ1) is 10.0. The zero-order valence-electron chi connectivity index (χ0n) is 11.0. The molecule has 21 heavy (non-hydrogen) atoms. The van der Waals surface area contributed by atoms with Gasteiger partial charge in [0, 0.05) is 21.8 Å². The summed E-state index contributed by atoms with van der Waals surface area (Å²) in [5, 5.41) is 13.6. The third-order valence-electron chi connectivity index (χ3n) is 3.56. The molecule has 0 aromatic heterocycles. The van der Waals surface area contributed by atoms with Gasteiger partial charge in [-0.15, -0.1) is 0 Å². The summed E-state index contributed by atoms with van der Waals surface area (Å²) in [4.78, 5) is 24.3. The third-order valence-corrected chi connectivity index (χ3v) is 3.80. The molecule has 0 saturated heterocycles. The van der Waals surface area contributed by atoms with Gasteiger partial charge < -0.3 is 10.4 Å². The van der Waals surface area contributed by atoms with E-state index in [0.717, 1.165) is 0 Å². The molecule has 0 aliphatic carbocycles. The summed E-state index contributed by atoms with van der Waals surface area (Å²) in [7, 11) is 0. The van der Waals surface area contributed by atoms with Gasteiger partial charge in [-0.2, -0.15) is 0 Å². The van der Waals surface area contributed by atoms with E-state index in [1.165, 1.54) is 6.07 Å². The Morgan fingerprint density at radius 1 is 1.19 bits per heavy atom. The van der Waals surface area contributed by atoms with Crippen LogP contribution in [0.5, 0.6) is 0 Å². The monoisotopic (exact) mass is 301 g/mol. The van der Waals surface area contributed by atoms with Crippen molar-refractivity contribution in [1.82, 2.24) is 0 Å². The van der Waals surface area contributed by atoms with Gasteiger partial charge in [0.1, 0.15) is 0 Å². The van der Waals surface area contributed by atoms with E-state index in [0.29, 0.717) is 21.8 Å². The molecule has 0 spiro atoms. The van der Waals surface area contributed by atoms with E-state index in [4.69, 9.17) is 11.6 Å². The van der Waals surface area contributed by atoms with Gasteiger partial charge in [0.2, 0.25) is 0 Å². The van der Waals surface area contributed by atoms with Gasteiger partial charge in [0.05, 0.1) is 6.42 Å². The second-order valence-electron chi connectivity index (χ2n) is 4.97. The number of amides is 1. The van der Waals surface area contributed by atoms with E-state index in [9.17, 15) is 14.7 Å². The molecule has 2 aromatic rings. The van der Waals surface area contributed by atoms with E-state index in [-0.39, 0.29) is 12.2 Å². The number of Topliss-reactive ketones (excluding diaryl/α,β-unsaturated/α-hetero) is 1. The molecule has 3 rings (SSSR count). The van der Waals surface area contributed by atoms with Gasteiger partial charge in [0.25, 0.3) is 5.91 Å². The quantitative estimate of drug-likeness (QED) is 0.857. The highest BCUT2D eigenvalue weighted by molar-refractivity contribution is 6.31. The molecule has 1 aliphatic rings. The molecule has 4 nitrogen and oxygen atoms in total. The maximum Gasteiger partial charge on any atom is 0.261 e. The van der Waals surface area contributed by atoms with Crippen molar-refractivity contribution in [2.45, 2.75) is 12.0 Å². The fourth-order valence-corrected chi connectivity index (χ4v) is 2.62. The van der Waals surface area contributed by atoms with Crippen LogP contribution < -0.4 is 5.32 Å². The summed E-state index contributed by atoms with van der Waals surface area (Å²) < 4.78 is 0. The minimum atomic E-state index is -1.88. The Kier molecular flexibility index (Phi) is 3.27. The molecule has 5 heteroatoms. The number of hydrogen-bond acceptors (Lipinski definition) is 3. The number of nitrogens with one attached hydrogen (secondary N) is 1. The maximum absolute atomic E-state index is 12.3. The lowest BCUT2D eigenvalue weighted by molar-refractivity contribution is -0.133. The molecular formula is C16H12ClNO3. The number of hydrogen-bond donors (Lipinski definition) is 2. The van der Waals surface area contributed by atoms with Crippen LogP contribution in [0, 0.1) is 0 Å². The number of anilines is 1. The molecule has 106 valence electrons. The van der Waals surface area contributed by atoms with Crippen molar-refractivity contribution in [2.24, 2.45) is 0 Å². The number of ketones is 1. The van der Waals surface area contributed by atoms with Crippen LogP contribution in [0.4, 0.5) is 5.69 Å². The van der Waals surface area contributed by atoms with Gasteiger partial charge in [-0.3, -0.25) is 9.59 Å². The fraction of sp³-hybridized carbons (Fsp3) is 0.125. The fourth-order valence-electron chi connectivity index (χ4n) is 2.45. The van der Waals surface area contributed by atoms with E-state index < -0.39 is 11.5 Å². The number of halogens is 1. The topological polar surface area (TPSA) is 66.4 Å². The second-order valence-corrected chi connectivity index (χ2v) is 5.41. The molecule has 0 fully saturated rings. The summed E-state index contributed by atoms with van der Waals surface area (Å²) in [6.07, 6.45) is -0.323. The number of fused-ring (bicyclic) bond motifs is 1. The predicted molar refractivity (Wildman–Crippen MR) is 79.4 cm³/mol. The standard InChI is InChI=1S/C16H12ClNO3/c17-11-6-7-13-12(8-11)16(21,15(20)18-13)9-14(19)10-4-2-1-3-5-10/h1-8,21H,9H2,(H,18,20). The number of rotatable bonds is 3. The van der Waals surface area contributed by atoms with Crippen LogP contribution in [0.25, 0.3) is 0 Å². The number of benzene rings is 2. The summed E-state index contributed by atoms with van der Waals surface area (Å²) in [6, 6.07) is 13.3. The normalized spacial score (nSPS) is 20.0. The maximum atomic E-state index is 12.3. The number of carbonyl (C=O) groups excluding carboxylic acids is 2. The Morgan fingerprint density at radius 3 is 2.62 bits per heavy atom. The van der Waals surface area contributed by atoms with Crippen molar-refractivity contribution < 1.29 is 14.7 Å². The van der Waals surface area contributed by atoms with Gasteiger partial charge in [0.15, 0.2) is 11.4 Å². The minimum Gasteiger partial charge on any atom is -0.375 e. The lowest BCUT2D eigenvalue weighted by Gasteiger charge is -2.20. The van der Waals surface area contributed by atoms with E-state index in [2.05, 4.69) is 5.32 Å². The van der Waals surface area contributed by atoms with Crippen LogP contribution in [0.2, 0.25) is 5.02 Å². The van der Waals surface area contributed by atoms with E-state index in [1.807, 2.05) is 0 Å². The second kappa shape index (κ2) is 4.98. The molecule has 1 heterocycles. The molecule has 2 N–H and O–H groups in total. The van der Waals surface area contributed by atoms with Gasteiger partial charge in [-0.05, 0) is 18.2 Å². The Balaban J connectivity index is 1.97. The van der Waals surface area contributed by atoms with Crippen molar-refractivity contribution in [3.8, 4) is 0 Å². The Hall–Kier alpha value is -2.17. The first-order valence-electron chi connectivity index (χ1n) is 6.43. The number of carbonyl (C=O) groups is 2. The van der Waals surface area contributed by atoms with Crippen molar-refractivity contribution in [3.63, 3.8) is 0 Å². The zero-order chi connectivity index (χ0) is 15.0. The largest absolute Gasteiger partial charge is 0.375 e. The highest BCUT2D eigenvalue weighted by Gasteiger charge is 2.46. The molecule has 0 saturated carbocycles. The Bertz CT molecular complexity index is 730. The Labute approximate surface area is 126 Å². The third kappa shape index (κ3) is 2.33. The summed E-state index contributed by atoms with van der Waals surface area (Å²) >= 11 is 5.92. The lowest BCUT2D eigenvalue weighted by Crippen LogP contribution is -2.36. The van der Waals surface area contributed by atoms with Gasteiger partial charge in [-0.25, -0.2) is 0 Å². The van der Waals surface area contributed by atoms with Crippen LogP contribution in [0.15, 0.2) is 48.5 Å². The van der Waals surface area contributed by atoms with Crippen LogP contribution in [0.1, 0.15) is 22.3 Å². The minimum absolute atomic E-state index is 0.305. The summed E-state index contributed by atoms with van der Waals surface area (Å²) in [5.41, 5.74) is -0.612. The first kappa shape index (κ1) is 13.8. The van der Waals surface area contributed by atoms with E-state index >= 15 is 0 Å². The molecule has 1 atom stereocenters. The van der Waals surface area contributed by atoms with Crippen LogP contribution in [-0.2, 0) is 10.4 Å². The van der Waals surface area contributed by atoms with Gasteiger partial charge >= 0.3 is 0 Å². The SMILES string of the molecule is O=C(CC1(O)C(=O)Nc2ccc(Cl)cc21)c1ccccc1. The first-order valence-corrected chi connectivity index (χ1v) is 6.80. The summed E-state index contributed by atoms with van der Waals surface area (Å²) in [6.45, 7) is 0. The smallest absolute Gasteiger partial charge is 0.261 e. The number of aliphatic hydroxyl groups is 1. The van der Waals surface area contributed by atoms with Crippen molar-refractivity contribution in [2.75, 3.05) is 5.32 Å². The predicted octanol–water partition coefficient (Wildman–Crippen LogP) is 2.75. The average Bonchev–Trinajstić information content (AvgIpc) is 2.72. The molecule has 0 radical (unpaired) electrons. The highest BCUT2D eigenvalue weighted by Crippen LogP contribution is 2.40. The molecular weight excluding hydrogens is 290 g/mol. The van der Waals surface area contributed by atoms with Crippen molar-refractivity contribution in [1.29, 1.82) is 0 Å². The average molecular weight is 302 g/mol. The van der Waals surface area contributed by atoms with Gasteiger partial charge in [-0.1, -0.05) is 41.9 Å². The molecule has 0 bridgehead atoms. The van der Waals surface area contributed by atoms with Crippen molar-refractivity contribution in [3.05, 3.63) is 64.7 Å². The summed E-state index contributed by atoms with van der Waals surface area (Å²) in [5.74, 6) is -0.912. The molecule has 1 amide bonds. The van der Waals surface area contributed by atoms with Crippen LogP contribution in [0.3, 0.4) is 0 Å². The van der Waals surface area contributed by atoms with Crippen LogP contribution >= 0.6 is 11.6 Å². The Morgan fingerprint density at radius 2 is 1.90 bits per heavy atom. The van der Waals surface area contributed by atoms with Crippen LogP contribution in [-0.4, -0.2) is 16.8 Å². The molecule has 2 aromatic carbocycles. The van der Waals surface area contributed by atoms with E-state index in [1.54, 1.807) is 42.5 Å². The zero-order valence-corrected chi connectivity index (χ0v) is 11.7. The molecule has 1 aliphatic heterocycles.